The van der Waals surface area contributed by atoms with E-state index in [0.29, 0.717) is 12.3 Å². The molecule has 134 valence electrons. The van der Waals surface area contributed by atoms with Crippen LogP contribution in [0.1, 0.15) is 59.8 Å². The molecule has 0 saturated heterocycles. The van der Waals surface area contributed by atoms with E-state index in [1.165, 1.54) is 5.57 Å². The molecule has 3 rings (SSSR count). The van der Waals surface area contributed by atoms with Gasteiger partial charge >= 0.3 is 0 Å². The van der Waals surface area contributed by atoms with Crippen molar-refractivity contribution in [1.82, 2.24) is 0 Å². The number of rotatable bonds is 1. The lowest BCUT2D eigenvalue weighted by Crippen LogP contribution is -2.59. The second-order valence-corrected chi connectivity index (χ2v) is 9.14. The second-order valence-electron chi connectivity index (χ2n) is 9.14. The fourth-order valence-electron chi connectivity index (χ4n) is 5.99. The van der Waals surface area contributed by atoms with Crippen LogP contribution in [0.25, 0.3) is 0 Å². The first kappa shape index (κ1) is 18.0. The highest BCUT2D eigenvalue weighted by molar-refractivity contribution is 5.28. The molecule has 3 heteroatoms. The molecule has 3 N–H and O–H groups in total. The number of hydrogen-bond acceptors (Lipinski definition) is 3. The van der Waals surface area contributed by atoms with Crippen molar-refractivity contribution in [2.75, 3.05) is 0 Å². The molecule has 0 aromatic rings. The first-order valence-corrected chi connectivity index (χ1v) is 9.34. The van der Waals surface area contributed by atoms with Crippen molar-refractivity contribution in [2.24, 2.45) is 28.6 Å². The third-order valence-electron chi connectivity index (χ3n) is 8.19. The van der Waals surface area contributed by atoms with Crippen LogP contribution in [0.2, 0.25) is 0 Å². The standard InChI is InChI=1S/C21H32O3/c1-6-21(5,24)20(4)10-8-16-18(13(20)2)17(23)12-14-11-15(22)7-9-19(14,16)3/h1,12-13,15-18,22-24H,7-11H2,2-5H3. The van der Waals surface area contributed by atoms with Gasteiger partial charge in [-0.05, 0) is 62.2 Å². The van der Waals surface area contributed by atoms with E-state index in [2.05, 4.69) is 26.7 Å². The molecule has 0 spiro atoms. The molecular formula is C21H32O3. The summed E-state index contributed by atoms with van der Waals surface area (Å²) < 4.78 is 0. The summed E-state index contributed by atoms with van der Waals surface area (Å²) in [5.74, 6) is 3.20. The van der Waals surface area contributed by atoms with Gasteiger partial charge in [0.25, 0.3) is 0 Å². The second kappa shape index (κ2) is 5.59. The Morgan fingerprint density at radius 1 is 1.25 bits per heavy atom. The molecular weight excluding hydrogens is 300 g/mol. The number of aliphatic hydroxyl groups is 3. The highest BCUT2D eigenvalue weighted by Gasteiger charge is 2.59. The third kappa shape index (κ3) is 2.30. The van der Waals surface area contributed by atoms with Gasteiger partial charge in [-0.3, -0.25) is 0 Å². The van der Waals surface area contributed by atoms with Crippen LogP contribution in [-0.4, -0.2) is 33.1 Å². The average Bonchev–Trinajstić information content (AvgIpc) is 2.52. The van der Waals surface area contributed by atoms with Gasteiger partial charge in [0.2, 0.25) is 0 Å². The van der Waals surface area contributed by atoms with Crippen LogP contribution in [-0.2, 0) is 0 Å². The monoisotopic (exact) mass is 332 g/mol. The molecule has 2 saturated carbocycles. The summed E-state index contributed by atoms with van der Waals surface area (Å²) in [5.41, 5.74) is -0.292. The quantitative estimate of drug-likeness (QED) is 0.511. The molecule has 0 aromatic heterocycles. The summed E-state index contributed by atoms with van der Waals surface area (Å²) in [6.45, 7) is 8.26. The zero-order chi connectivity index (χ0) is 17.9. The summed E-state index contributed by atoms with van der Waals surface area (Å²) in [5, 5.41) is 31.8. The predicted octanol–water partition coefficient (Wildman–Crippen LogP) is 2.89. The van der Waals surface area contributed by atoms with E-state index in [9.17, 15) is 15.3 Å². The average molecular weight is 332 g/mol. The Morgan fingerprint density at radius 2 is 1.92 bits per heavy atom. The summed E-state index contributed by atoms with van der Waals surface area (Å²) in [7, 11) is 0. The van der Waals surface area contributed by atoms with E-state index < -0.39 is 17.1 Å². The van der Waals surface area contributed by atoms with Crippen LogP contribution < -0.4 is 0 Å². The molecule has 8 atom stereocenters. The molecule has 0 heterocycles. The molecule has 0 aromatic carbocycles. The van der Waals surface area contributed by atoms with Crippen LogP contribution in [0.15, 0.2) is 11.6 Å². The lowest BCUT2D eigenvalue weighted by atomic mass is 9.45. The zero-order valence-electron chi connectivity index (χ0n) is 15.4. The van der Waals surface area contributed by atoms with E-state index in [4.69, 9.17) is 6.42 Å². The minimum atomic E-state index is -1.18. The molecule has 2 fully saturated rings. The first-order chi connectivity index (χ1) is 11.1. The van der Waals surface area contributed by atoms with Gasteiger partial charge in [-0.15, -0.1) is 6.42 Å². The van der Waals surface area contributed by atoms with Crippen molar-refractivity contribution < 1.29 is 15.3 Å². The van der Waals surface area contributed by atoms with Crippen LogP contribution in [0.4, 0.5) is 0 Å². The highest BCUT2D eigenvalue weighted by atomic mass is 16.3. The van der Waals surface area contributed by atoms with Gasteiger partial charge in [-0.25, -0.2) is 0 Å². The van der Waals surface area contributed by atoms with Crippen LogP contribution in [0.5, 0.6) is 0 Å². The van der Waals surface area contributed by atoms with E-state index in [-0.39, 0.29) is 23.4 Å². The van der Waals surface area contributed by atoms with Crippen molar-refractivity contribution in [3.8, 4) is 12.3 Å². The van der Waals surface area contributed by atoms with Crippen molar-refractivity contribution >= 4 is 0 Å². The Labute approximate surface area is 146 Å². The van der Waals surface area contributed by atoms with Gasteiger partial charge in [0.15, 0.2) is 0 Å². The minimum absolute atomic E-state index is 0.0563. The van der Waals surface area contributed by atoms with Crippen molar-refractivity contribution in [3.05, 3.63) is 11.6 Å². The van der Waals surface area contributed by atoms with Crippen molar-refractivity contribution in [3.63, 3.8) is 0 Å². The van der Waals surface area contributed by atoms with Crippen LogP contribution in [0, 0.1) is 40.9 Å². The van der Waals surface area contributed by atoms with Crippen molar-refractivity contribution in [2.45, 2.75) is 77.6 Å². The Balaban J connectivity index is 2.00. The number of hydrogen-bond donors (Lipinski definition) is 3. The zero-order valence-corrected chi connectivity index (χ0v) is 15.4. The largest absolute Gasteiger partial charge is 0.393 e. The maximum Gasteiger partial charge on any atom is 0.128 e. The van der Waals surface area contributed by atoms with E-state index in [1.54, 1.807) is 6.92 Å². The molecule has 3 nitrogen and oxygen atoms in total. The maximum absolute atomic E-state index is 10.9. The van der Waals surface area contributed by atoms with E-state index in [1.807, 2.05) is 6.08 Å². The number of fused-ring (bicyclic) bond motifs is 3. The Bertz CT molecular complexity index is 586. The number of terminal acetylenes is 1. The molecule has 0 bridgehead atoms. The van der Waals surface area contributed by atoms with Gasteiger partial charge in [-0.1, -0.05) is 38.3 Å². The predicted molar refractivity (Wildman–Crippen MR) is 95.0 cm³/mol. The molecule has 3 aliphatic carbocycles. The van der Waals surface area contributed by atoms with E-state index in [0.717, 1.165) is 25.7 Å². The summed E-state index contributed by atoms with van der Waals surface area (Å²) in [6.07, 6.45) is 11.2. The van der Waals surface area contributed by atoms with Crippen LogP contribution >= 0.6 is 0 Å². The minimum Gasteiger partial charge on any atom is -0.393 e. The topological polar surface area (TPSA) is 60.7 Å². The normalized spacial score (nSPS) is 50.8. The molecule has 24 heavy (non-hydrogen) atoms. The highest BCUT2D eigenvalue weighted by Crippen LogP contribution is 2.62. The summed E-state index contributed by atoms with van der Waals surface area (Å²) in [4.78, 5) is 0. The fraction of sp³-hybridized carbons (Fsp3) is 0.810. The summed E-state index contributed by atoms with van der Waals surface area (Å²) >= 11 is 0. The Kier molecular flexibility index (Phi) is 4.19. The van der Waals surface area contributed by atoms with Crippen molar-refractivity contribution in [1.29, 1.82) is 0 Å². The van der Waals surface area contributed by atoms with Gasteiger partial charge in [0.05, 0.1) is 12.2 Å². The molecule has 8 unspecified atom stereocenters. The molecule has 0 amide bonds. The van der Waals surface area contributed by atoms with Gasteiger partial charge in [0.1, 0.15) is 5.60 Å². The Hall–Kier alpha value is -0.820. The van der Waals surface area contributed by atoms with Gasteiger partial charge in [-0.2, -0.15) is 0 Å². The fourth-order valence-corrected chi connectivity index (χ4v) is 5.99. The lowest BCUT2D eigenvalue weighted by Gasteiger charge is -2.60. The van der Waals surface area contributed by atoms with Gasteiger partial charge < -0.3 is 15.3 Å². The lowest BCUT2D eigenvalue weighted by molar-refractivity contribution is -0.144. The maximum atomic E-state index is 10.9. The first-order valence-electron chi connectivity index (χ1n) is 9.34. The smallest absolute Gasteiger partial charge is 0.128 e. The molecule has 0 aliphatic heterocycles. The van der Waals surface area contributed by atoms with E-state index >= 15 is 0 Å². The molecule has 0 radical (unpaired) electrons. The SMILES string of the molecule is C#CC(C)(O)C1(C)CCC2C(C(O)C=C3CC(O)CCC32C)C1C. The third-order valence-corrected chi connectivity index (χ3v) is 8.19. The number of aliphatic hydroxyl groups excluding tert-OH is 2. The molecule has 3 aliphatic rings. The van der Waals surface area contributed by atoms with Crippen LogP contribution in [0.3, 0.4) is 0 Å². The summed E-state index contributed by atoms with van der Waals surface area (Å²) in [6, 6.07) is 0. The Morgan fingerprint density at radius 3 is 2.54 bits per heavy atom. The van der Waals surface area contributed by atoms with Gasteiger partial charge in [0, 0.05) is 5.41 Å².